The summed E-state index contributed by atoms with van der Waals surface area (Å²) in [4.78, 5) is 20.3. The lowest BCUT2D eigenvalue weighted by molar-refractivity contribution is -0.136. The Labute approximate surface area is 124 Å². The number of nitrogens with two attached hydrogens (primary N) is 1. The van der Waals surface area contributed by atoms with E-state index in [9.17, 15) is 9.59 Å². The number of aryl methyl sites for hydroxylation is 1. The van der Waals surface area contributed by atoms with Gasteiger partial charge in [0.1, 0.15) is 5.60 Å². The van der Waals surface area contributed by atoms with Crippen molar-refractivity contribution in [2.75, 3.05) is 0 Å². The summed E-state index contributed by atoms with van der Waals surface area (Å²) in [6, 6.07) is 8.94. The van der Waals surface area contributed by atoms with Gasteiger partial charge in [0, 0.05) is 6.42 Å². The van der Waals surface area contributed by atoms with Crippen LogP contribution in [0.5, 0.6) is 0 Å². The van der Waals surface area contributed by atoms with E-state index in [0.717, 1.165) is 5.56 Å². The van der Waals surface area contributed by atoms with Gasteiger partial charge in [-0.25, -0.2) is 4.79 Å². The Balaban J connectivity index is 0.000000433. The Kier molecular flexibility index (Phi) is 7.54. The van der Waals surface area contributed by atoms with Gasteiger partial charge in [-0.05, 0) is 44.9 Å². The van der Waals surface area contributed by atoms with E-state index in [2.05, 4.69) is 4.74 Å². The molecular formula is C15H20N2O4. The summed E-state index contributed by atoms with van der Waals surface area (Å²) in [6.45, 7) is 5.28. The maximum atomic E-state index is 10.2. The topological polar surface area (TPSA) is 113 Å². The van der Waals surface area contributed by atoms with E-state index in [1.165, 1.54) is 0 Å². The number of ether oxygens (including phenoxy) is 1. The van der Waals surface area contributed by atoms with Crippen LogP contribution in [0.25, 0.3) is 0 Å². The molecule has 0 unspecified atom stereocenters. The van der Waals surface area contributed by atoms with E-state index in [1.807, 2.05) is 6.07 Å². The quantitative estimate of drug-likeness (QED) is 0.888. The minimum absolute atomic E-state index is 0.131. The van der Waals surface area contributed by atoms with Crippen LogP contribution in [-0.4, -0.2) is 22.8 Å². The van der Waals surface area contributed by atoms with E-state index in [4.69, 9.17) is 16.1 Å². The number of hydrogen-bond donors (Lipinski definition) is 2. The number of carboxylic acid groups (broad SMARTS) is 1. The van der Waals surface area contributed by atoms with Crippen LogP contribution in [0.1, 0.15) is 38.3 Å². The fraction of sp³-hybridized carbons (Fsp3) is 0.400. The van der Waals surface area contributed by atoms with Crippen molar-refractivity contribution < 1.29 is 19.4 Å². The molecule has 0 radical (unpaired) electrons. The summed E-state index contributed by atoms with van der Waals surface area (Å²) < 4.78 is 4.58. The second-order valence-corrected chi connectivity index (χ2v) is 5.24. The summed E-state index contributed by atoms with van der Waals surface area (Å²) in [5.41, 5.74) is 5.81. The number of carboxylic acids is 1. The Morgan fingerprint density at radius 2 is 1.81 bits per heavy atom. The first-order valence-electron chi connectivity index (χ1n) is 6.33. The number of aliphatic carboxylic acids is 1. The highest BCUT2D eigenvalue weighted by Crippen LogP contribution is 2.06. The van der Waals surface area contributed by atoms with Crippen LogP contribution in [0.3, 0.4) is 0 Å². The maximum Gasteiger partial charge on any atom is 0.405 e. The molecule has 6 nitrogen and oxygen atoms in total. The highest BCUT2D eigenvalue weighted by atomic mass is 16.6. The van der Waals surface area contributed by atoms with E-state index < -0.39 is 17.7 Å². The van der Waals surface area contributed by atoms with Gasteiger partial charge in [0.15, 0.2) is 0 Å². The number of primary amides is 1. The van der Waals surface area contributed by atoms with Crippen molar-refractivity contribution in [1.29, 1.82) is 5.26 Å². The zero-order chi connectivity index (χ0) is 16.5. The molecule has 1 rings (SSSR count). The van der Waals surface area contributed by atoms with Crippen molar-refractivity contribution in [1.82, 2.24) is 0 Å². The number of nitriles is 1. The molecule has 0 bridgehead atoms. The van der Waals surface area contributed by atoms with Crippen molar-refractivity contribution in [2.45, 2.75) is 39.2 Å². The van der Waals surface area contributed by atoms with Gasteiger partial charge >= 0.3 is 12.1 Å². The fourth-order valence-corrected chi connectivity index (χ4v) is 1.30. The SMILES string of the molecule is CC(C)(C)OC(N)=O.N#Cc1ccc(CCC(=O)O)cc1. The Morgan fingerprint density at radius 1 is 1.29 bits per heavy atom. The molecule has 3 N–H and O–H groups in total. The number of carbonyl (C=O) groups is 2. The first-order chi connectivity index (χ1) is 9.64. The molecule has 0 spiro atoms. The normalized spacial score (nSPS) is 9.81. The molecule has 0 saturated carbocycles. The molecule has 1 amide bonds. The number of benzene rings is 1. The smallest absolute Gasteiger partial charge is 0.405 e. The maximum absolute atomic E-state index is 10.2. The van der Waals surface area contributed by atoms with Gasteiger partial charge in [0.2, 0.25) is 0 Å². The second-order valence-electron chi connectivity index (χ2n) is 5.24. The van der Waals surface area contributed by atoms with E-state index in [1.54, 1.807) is 45.0 Å². The molecule has 0 aromatic heterocycles. The molecule has 0 aliphatic carbocycles. The Morgan fingerprint density at radius 3 is 2.10 bits per heavy atom. The van der Waals surface area contributed by atoms with Gasteiger partial charge in [-0.2, -0.15) is 5.26 Å². The molecule has 0 fully saturated rings. The predicted molar refractivity (Wildman–Crippen MR) is 77.5 cm³/mol. The van der Waals surface area contributed by atoms with E-state index >= 15 is 0 Å². The first kappa shape index (κ1) is 18.4. The monoisotopic (exact) mass is 292 g/mol. The van der Waals surface area contributed by atoms with E-state index in [0.29, 0.717) is 12.0 Å². The summed E-state index contributed by atoms with van der Waals surface area (Å²) in [5.74, 6) is -0.802. The van der Waals surface area contributed by atoms with Gasteiger partial charge in [0.05, 0.1) is 11.6 Å². The molecule has 1 aromatic carbocycles. The Hall–Kier alpha value is -2.55. The summed E-state index contributed by atoms with van der Waals surface area (Å²) in [7, 11) is 0. The summed E-state index contributed by atoms with van der Waals surface area (Å²) in [6.07, 6.45) is -0.0788. The average molecular weight is 292 g/mol. The van der Waals surface area contributed by atoms with Crippen molar-refractivity contribution >= 4 is 12.1 Å². The van der Waals surface area contributed by atoms with Crippen LogP contribution >= 0.6 is 0 Å². The minimum Gasteiger partial charge on any atom is -0.481 e. The number of carbonyl (C=O) groups excluding carboxylic acids is 1. The molecule has 0 aliphatic heterocycles. The number of amides is 1. The third kappa shape index (κ3) is 11.0. The first-order valence-corrected chi connectivity index (χ1v) is 6.33. The third-order valence-electron chi connectivity index (χ3n) is 2.12. The average Bonchev–Trinajstić information content (AvgIpc) is 2.34. The minimum atomic E-state index is -0.802. The van der Waals surface area contributed by atoms with Crippen LogP contribution in [-0.2, 0) is 16.0 Å². The van der Waals surface area contributed by atoms with Gasteiger partial charge in [-0.3, -0.25) is 4.79 Å². The van der Waals surface area contributed by atoms with Gasteiger partial charge in [-0.15, -0.1) is 0 Å². The molecular weight excluding hydrogens is 272 g/mol. The highest BCUT2D eigenvalue weighted by Gasteiger charge is 2.12. The molecule has 6 heteroatoms. The lowest BCUT2D eigenvalue weighted by Gasteiger charge is -2.16. The van der Waals surface area contributed by atoms with Crippen molar-refractivity contribution in [3.05, 3.63) is 35.4 Å². The third-order valence-corrected chi connectivity index (χ3v) is 2.12. The molecule has 21 heavy (non-hydrogen) atoms. The highest BCUT2D eigenvalue weighted by molar-refractivity contribution is 5.67. The zero-order valence-corrected chi connectivity index (χ0v) is 12.4. The molecule has 0 saturated heterocycles. The molecule has 0 atom stereocenters. The van der Waals surface area contributed by atoms with Crippen LogP contribution in [0, 0.1) is 11.3 Å². The number of nitrogens with zero attached hydrogens (tertiary/aromatic N) is 1. The van der Waals surface area contributed by atoms with Crippen molar-refractivity contribution in [3.63, 3.8) is 0 Å². The van der Waals surface area contributed by atoms with Crippen molar-refractivity contribution in [2.24, 2.45) is 5.73 Å². The standard InChI is InChI=1S/C10H9NO2.C5H11NO2/c11-7-9-3-1-8(2-4-9)5-6-10(12)13;1-5(2,3)8-4(6)7/h1-4H,5-6H2,(H,12,13);1-3H3,(H2,6,7). The van der Waals surface area contributed by atoms with Crippen molar-refractivity contribution in [3.8, 4) is 6.07 Å². The number of hydrogen-bond acceptors (Lipinski definition) is 4. The van der Waals surface area contributed by atoms with Crippen LogP contribution < -0.4 is 5.73 Å². The second kappa shape index (κ2) is 8.59. The van der Waals surface area contributed by atoms with E-state index in [-0.39, 0.29) is 6.42 Å². The largest absolute Gasteiger partial charge is 0.481 e. The molecule has 1 aromatic rings. The van der Waals surface area contributed by atoms with Gasteiger partial charge in [0.25, 0.3) is 0 Å². The Bertz CT molecular complexity index is 510. The van der Waals surface area contributed by atoms with Gasteiger partial charge < -0.3 is 15.6 Å². The molecule has 114 valence electrons. The van der Waals surface area contributed by atoms with Gasteiger partial charge in [-0.1, -0.05) is 12.1 Å². The lowest BCUT2D eigenvalue weighted by atomic mass is 10.1. The number of rotatable bonds is 3. The van der Waals surface area contributed by atoms with Crippen LogP contribution in [0.4, 0.5) is 4.79 Å². The summed E-state index contributed by atoms with van der Waals surface area (Å²) in [5, 5.41) is 16.9. The van der Waals surface area contributed by atoms with Crippen LogP contribution in [0.2, 0.25) is 0 Å². The summed E-state index contributed by atoms with van der Waals surface area (Å²) >= 11 is 0. The predicted octanol–water partition coefficient (Wildman–Crippen LogP) is 2.46. The molecule has 0 heterocycles. The molecule has 0 aliphatic rings. The van der Waals surface area contributed by atoms with Crippen LogP contribution in [0.15, 0.2) is 24.3 Å². The zero-order valence-electron chi connectivity index (χ0n) is 12.4. The lowest BCUT2D eigenvalue weighted by Crippen LogP contribution is -2.27. The fourth-order valence-electron chi connectivity index (χ4n) is 1.30.